The van der Waals surface area contributed by atoms with E-state index >= 15 is 0 Å². The molecule has 4 atom stereocenters. The molecule has 0 radical (unpaired) electrons. The third-order valence-electron chi connectivity index (χ3n) is 6.47. The van der Waals surface area contributed by atoms with Crippen molar-refractivity contribution in [3.8, 4) is 0 Å². The average molecular weight is 590 g/mol. The molecule has 1 aliphatic rings. The summed E-state index contributed by atoms with van der Waals surface area (Å²) in [6.45, 7) is 2.90. The van der Waals surface area contributed by atoms with Crippen LogP contribution in [0.2, 0.25) is 0 Å². The van der Waals surface area contributed by atoms with E-state index in [-0.39, 0.29) is 25.3 Å². The second kappa shape index (κ2) is 15.9. The average Bonchev–Trinajstić information content (AvgIpc) is 2.91. The topological polar surface area (TPSA) is 236 Å². The lowest BCUT2D eigenvalue weighted by atomic mass is 9.98. The molecule has 230 valence electrons. The van der Waals surface area contributed by atoms with Crippen molar-refractivity contribution in [1.29, 1.82) is 0 Å². The number of likely N-dealkylation sites (N-methyl/N-ethyl adjacent to an activating group) is 1. The number of carboxylic acid groups (broad SMARTS) is 1. The largest absolute Gasteiger partial charge is 0.481 e. The number of aliphatic imine (C=N–C) groups is 1. The number of carbonyl (C=O) groups is 6. The Balaban J connectivity index is 2.50. The van der Waals surface area contributed by atoms with Crippen LogP contribution in [0.1, 0.15) is 38.7 Å². The van der Waals surface area contributed by atoms with Crippen molar-refractivity contribution in [3.05, 3.63) is 35.9 Å². The Bertz CT molecular complexity index is 1170. The van der Waals surface area contributed by atoms with Crippen LogP contribution in [-0.4, -0.2) is 95.9 Å². The third-order valence-corrected chi connectivity index (χ3v) is 6.47. The Morgan fingerprint density at radius 3 is 2.29 bits per heavy atom. The van der Waals surface area contributed by atoms with Crippen molar-refractivity contribution in [3.63, 3.8) is 0 Å². The highest BCUT2D eigenvalue weighted by atomic mass is 16.5. The number of ether oxygens (including phenoxy) is 1. The molecule has 0 unspecified atom stereocenters. The number of cyclic esters (lactones) is 1. The Kier molecular flexibility index (Phi) is 12.7. The molecule has 4 amide bonds. The fourth-order valence-corrected chi connectivity index (χ4v) is 4.48. The summed E-state index contributed by atoms with van der Waals surface area (Å²) in [4.78, 5) is 82.5. The van der Waals surface area contributed by atoms with Gasteiger partial charge in [0.15, 0.2) is 12.1 Å². The molecular formula is C27H39N7O8. The van der Waals surface area contributed by atoms with E-state index in [0.29, 0.717) is 12.0 Å². The zero-order valence-electron chi connectivity index (χ0n) is 23.9. The van der Waals surface area contributed by atoms with Gasteiger partial charge in [-0.3, -0.25) is 33.8 Å². The first-order valence-corrected chi connectivity index (χ1v) is 13.5. The molecule has 1 heterocycles. The van der Waals surface area contributed by atoms with Gasteiger partial charge in [0.1, 0.15) is 24.7 Å². The van der Waals surface area contributed by atoms with Gasteiger partial charge in [0, 0.05) is 20.0 Å². The molecule has 0 saturated carbocycles. The predicted molar refractivity (Wildman–Crippen MR) is 150 cm³/mol. The van der Waals surface area contributed by atoms with E-state index in [1.807, 2.05) is 0 Å². The molecule has 0 spiro atoms. The highest BCUT2D eigenvalue weighted by molar-refractivity contribution is 5.96. The first-order chi connectivity index (χ1) is 19.8. The van der Waals surface area contributed by atoms with Crippen molar-refractivity contribution >= 4 is 41.5 Å². The number of amides is 4. The molecule has 1 aromatic carbocycles. The maximum Gasteiger partial charge on any atom is 0.326 e. The molecule has 0 aromatic heterocycles. The van der Waals surface area contributed by atoms with Crippen molar-refractivity contribution < 1.29 is 38.6 Å². The normalized spacial score (nSPS) is 22.7. The van der Waals surface area contributed by atoms with Crippen LogP contribution in [0.5, 0.6) is 0 Å². The number of carbonyl (C=O) groups excluding carboxylic acids is 5. The molecular weight excluding hydrogens is 550 g/mol. The van der Waals surface area contributed by atoms with Gasteiger partial charge in [0.2, 0.25) is 17.7 Å². The SMILES string of the molecule is CC(C)[C@H]1C(=O)N[C@@H](CCCN=C(N)N)C(=O)NCC(=O)O[C@@H](CC(=O)O)C(=O)N[C@H](Cc2ccccc2)C(=O)N1C. The molecule has 42 heavy (non-hydrogen) atoms. The number of benzene rings is 1. The Labute approximate surface area is 243 Å². The molecule has 15 nitrogen and oxygen atoms in total. The summed E-state index contributed by atoms with van der Waals surface area (Å²) in [5.74, 6) is -6.11. The Hall–Kier alpha value is -4.69. The van der Waals surface area contributed by atoms with E-state index in [9.17, 15) is 33.9 Å². The summed E-state index contributed by atoms with van der Waals surface area (Å²) in [5.41, 5.74) is 11.4. The van der Waals surface area contributed by atoms with Gasteiger partial charge in [-0.1, -0.05) is 44.2 Å². The number of aliphatic carboxylic acids is 1. The first-order valence-electron chi connectivity index (χ1n) is 13.5. The highest BCUT2D eigenvalue weighted by Crippen LogP contribution is 2.15. The van der Waals surface area contributed by atoms with Crippen molar-refractivity contribution in [1.82, 2.24) is 20.9 Å². The van der Waals surface area contributed by atoms with Gasteiger partial charge in [-0.15, -0.1) is 0 Å². The van der Waals surface area contributed by atoms with Crippen LogP contribution in [0.15, 0.2) is 35.3 Å². The van der Waals surface area contributed by atoms with Gasteiger partial charge in [0.25, 0.3) is 5.91 Å². The summed E-state index contributed by atoms with van der Waals surface area (Å²) in [6, 6.07) is 5.30. The summed E-state index contributed by atoms with van der Waals surface area (Å²) in [7, 11) is 1.40. The summed E-state index contributed by atoms with van der Waals surface area (Å²) < 4.78 is 5.09. The Morgan fingerprint density at radius 1 is 1.05 bits per heavy atom. The van der Waals surface area contributed by atoms with Crippen LogP contribution in [0, 0.1) is 5.92 Å². The number of nitrogens with two attached hydrogens (primary N) is 2. The summed E-state index contributed by atoms with van der Waals surface area (Å²) >= 11 is 0. The molecule has 1 saturated heterocycles. The number of carboxylic acids is 1. The fraction of sp³-hybridized carbons (Fsp3) is 0.519. The van der Waals surface area contributed by atoms with Gasteiger partial charge in [-0.2, -0.15) is 0 Å². The smallest absolute Gasteiger partial charge is 0.326 e. The van der Waals surface area contributed by atoms with Crippen molar-refractivity contribution in [2.45, 2.75) is 63.8 Å². The molecule has 2 rings (SSSR count). The van der Waals surface area contributed by atoms with Crippen LogP contribution >= 0.6 is 0 Å². The van der Waals surface area contributed by atoms with E-state index in [1.54, 1.807) is 44.2 Å². The monoisotopic (exact) mass is 589 g/mol. The van der Waals surface area contributed by atoms with Gasteiger partial charge in [-0.05, 0) is 24.3 Å². The second-order valence-electron chi connectivity index (χ2n) is 10.2. The quantitative estimate of drug-likeness (QED) is 0.0822. The lowest BCUT2D eigenvalue weighted by Gasteiger charge is -2.34. The van der Waals surface area contributed by atoms with E-state index in [0.717, 1.165) is 0 Å². The summed E-state index contributed by atoms with van der Waals surface area (Å²) in [6.07, 6.45) is -2.28. The standard InChI is InChI=1S/C27H39N7O8/c1-15(2)22-25(40)32-17(10-7-11-30-27(28)29)23(38)31-14-21(37)42-19(13-20(35)36)24(39)33-18(26(41)34(22)3)12-16-8-5-4-6-9-16/h4-6,8-9,15,17-19,22H,7,10-14H2,1-3H3,(H,31,38)(H,32,40)(H,33,39)(H,35,36)(H4,28,29,30)/t17-,18+,19-,22-/m0/s1. The number of hydrogen-bond donors (Lipinski definition) is 6. The van der Waals surface area contributed by atoms with Gasteiger partial charge in [0.05, 0.1) is 6.42 Å². The van der Waals surface area contributed by atoms with Crippen LogP contribution in [0.3, 0.4) is 0 Å². The number of esters is 1. The molecule has 0 aliphatic carbocycles. The van der Waals surface area contributed by atoms with Gasteiger partial charge in [-0.25, -0.2) is 0 Å². The molecule has 1 aliphatic heterocycles. The van der Waals surface area contributed by atoms with Gasteiger partial charge < -0.3 is 42.2 Å². The fourth-order valence-electron chi connectivity index (χ4n) is 4.48. The van der Waals surface area contributed by atoms with Crippen molar-refractivity contribution in [2.75, 3.05) is 20.1 Å². The molecule has 8 N–H and O–H groups in total. The first kappa shape index (κ1) is 33.5. The van der Waals surface area contributed by atoms with Gasteiger partial charge >= 0.3 is 11.9 Å². The van der Waals surface area contributed by atoms with E-state index in [2.05, 4.69) is 20.9 Å². The lowest BCUT2D eigenvalue weighted by molar-refractivity contribution is -0.160. The zero-order valence-corrected chi connectivity index (χ0v) is 23.9. The zero-order chi connectivity index (χ0) is 31.4. The number of guanidine groups is 1. The summed E-state index contributed by atoms with van der Waals surface area (Å²) in [5, 5.41) is 16.8. The molecule has 1 fully saturated rings. The van der Waals surface area contributed by atoms with Crippen LogP contribution in [0.4, 0.5) is 0 Å². The third kappa shape index (κ3) is 10.4. The van der Waals surface area contributed by atoms with Crippen molar-refractivity contribution in [2.24, 2.45) is 22.4 Å². The second-order valence-corrected chi connectivity index (χ2v) is 10.2. The maximum absolute atomic E-state index is 13.8. The minimum absolute atomic E-state index is 0.00336. The minimum atomic E-state index is -1.79. The predicted octanol–water partition coefficient (Wildman–Crippen LogP) is -1.75. The van der Waals surface area contributed by atoms with Crippen LogP contribution in [0.25, 0.3) is 0 Å². The number of nitrogens with one attached hydrogen (secondary N) is 3. The van der Waals surface area contributed by atoms with E-state index in [1.165, 1.54) is 11.9 Å². The van der Waals surface area contributed by atoms with Crippen LogP contribution in [-0.2, 0) is 39.9 Å². The molecule has 0 bridgehead atoms. The number of nitrogens with zero attached hydrogens (tertiary/aromatic N) is 2. The molecule has 1 aromatic rings. The Morgan fingerprint density at radius 2 is 1.69 bits per heavy atom. The van der Waals surface area contributed by atoms with Crippen LogP contribution < -0.4 is 27.4 Å². The maximum atomic E-state index is 13.8. The van der Waals surface area contributed by atoms with E-state index < -0.39 is 78.7 Å². The van der Waals surface area contributed by atoms with E-state index in [4.69, 9.17) is 16.2 Å². The number of rotatable bonds is 9. The molecule has 15 heteroatoms. The minimum Gasteiger partial charge on any atom is -0.481 e. The number of hydrogen-bond acceptors (Lipinski definition) is 8. The lowest BCUT2D eigenvalue weighted by Crippen LogP contribution is -2.59. The highest BCUT2D eigenvalue weighted by Gasteiger charge is 2.37.